The first-order valence-corrected chi connectivity index (χ1v) is 12.4. The molecule has 1 aromatic heterocycles. The molecule has 6 rings (SSSR count). The molecular formula is C29H28N4O4. The molecule has 0 unspecified atom stereocenters. The van der Waals surface area contributed by atoms with E-state index in [1.165, 1.54) is 5.56 Å². The van der Waals surface area contributed by atoms with Gasteiger partial charge in [-0.05, 0) is 60.2 Å². The molecule has 8 heteroatoms. The fourth-order valence-corrected chi connectivity index (χ4v) is 4.77. The predicted molar refractivity (Wildman–Crippen MR) is 139 cm³/mol. The van der Waals surface area contributed by atoms with Crippen molar-refractivity contribution in [2.75, 3.05) is 40.1 Å². The lowest BCUT2D eigenvalue weighted by atomic mass is 10.1. The molecule has 0 N–H and O–H groups in total. The third-order valence-corrected chi connectivity index (χ3v) is 6.82. The van der Waals surface area contributed by atoms with Crippen LogP contribution in [-0.2, 0) is 6.54 Å². The van der Waals surface area contributed by atoms with Crippen molar-refractivity contribution in [1.82, 2.24) is 19.6 Å². The zero-order valence-electron chi connectivity index (χ0n) is 20.7. The van der Waals surface area contributed by atoms with Crippen LogP contribution in [0.5, 0.6) is 17.2 Å². The Morgan fingerprint density at radius 3 is 2.41 bits per heavy atom. The molecule has 2 aliphatic heterocycles. The van der Waals surface area contributed by atoms with Crippen molar-refractivity contribution in [3.63, 3.8) is 0 Å². The fourth-order valence-electron chi connectivity index (χ4n) is 4.77. The topological polar surface area (TPSA) is 69.1 Å². The van der Waals surface area contributed by atoms with E-state index < -0.39 is 0 Å². The van der Waals surface area contributed by atoms with Gasteiger partial charge in [0.25, 0.3) is 5.91 Å². The molecular weight excluding hydrogens is 468 g/mol. The smallest absolute Gasteiger partial charge is 0.272 e. The number of hydrogen-bond acceptors (Lipinski definition) is 6. The van der Waals surface area contributed by atoms with Gasteiger partial charge in [0, 0.05) is 38.3 Å². The van der Waals surface area contributed by atoms with E-state index in [0.717, 1.165) is 53.8 Å². The first-order chi connectivity index (χ1) is 18.2. The summed E-state index contributed by atoms with van der Waals surface area (Å²) in [6.45, 7) is 3.99. The van der Waals surface area contributed by atoms with Gasteiger partial charge in [-0.2, -0.15) is 5.10 Å². The van der Waals surface area contributed by atoms with Gasteiger partial charge >= 0.3 is 0 Å². The number of methoxy groups -OCH3 is 1. The predicted octanol–water partition coefficient (Wildman–Crippen LogP) is 4.23. The Bertz CT molecular complexity index is 1390. The highest BCUT2D eigenvalue weighted by atomic mass is 16.7. The van der Waals surface area contributed by atoms with Crippen molar-refractivity contribution in [3.8, 4) is 34.2 Å². The maximum absolute atomic E-state index is 13.7. The van der Waals surface area contributed by atoms with E-state index in [-0.39, 0.29) is 12.7 Å². The Morgan fingerprint density at radius 2 is 1.65 bits per heavy atom. The van der Waals surface area contributed by atoms with Gasteiger partial charge in [0.1, 0.15) is 11.4 Å². The number of carbonyl (C=O) groups excluding carboxylic acids is 1. The molecule has 1 amide bonds. The van der Waals surface area contributed by atoms with E-state index in [1.54, 1.807) is 11.8 Å². The number of para-hydroxylation sites is 1. The fraction of sp³-hybridized carbons (Fsp3) is 0.241. The lowest BCUT2D eigenvalue weighted by Crippen LogP contribution is -2.48. The first-order valence-electron chi connectivity index (χ1n) is 12.4. The molecule has 2 aliphatic rings. The molecule has 0 bridgehead atoms. The number of benzene rings is 3. The highest BCUT2D eigenvalue weighted by Gasteiger charge is 2.26. The average molecular weight is 497 g/mol. The lowest BCUT2D eigenvalue weighted by molar-refractivity contribution is 0.0619. The lowest BCUT2D eigenvalue weighted by Gasteiger charge is -2.34. The molecule has 3 aromatic carbocycles. The highest BCUT2D eigenvalue weighted by Crippen LogP contribution is 2.33. The van der Waals surface area contributed by atoms with Crippen LogP contribution in [0.4, 0.5) is 0 Å². The van der Waals surface area contributed by atoms with Gasteiger partial charge in [-0.25, -0.2) is 4.68 Å². The summed E-state index contributed by atoms with van der Waals surface area (Å²) in [5.74, 6) is 2.36. The molecule has 37 heavy (non-hydrogen) atoms. The van der Waals surface area contributed by atoms with Gasteiger partial charge in [0.15, 0.2) is 11.5 Å². The minimum atomic E-state index is -0.0150. The van der Waals surface area contributed by atoms with Gasteiger partial charge in [-0.15, -0.1) is 0 Å². The Morgan fingerprint density at radius 1 is 0.892 bits per heavy atom. The molecule has 3 heterocycles. The summed E-state index contributed by atoms with van der Waals surface area (Å²) < 4.78 is 18.0. The van der Waals surface area contributed by atoms with Crippen molar-refractivity contribution >= 4 is 5.91 Å². The maximum atomic E-state index is 13.7. The van der Waals surface area contributed by atoms with Crippen molar-refractivity contribution in [1.29, 1.82) is 0 Å². The van der Waals surface area contributed by atoms with Gasteiger partial charge in [-0.3, -0.25) is 9.69 Å². The maximum Gasteiger partial charge on any atom is 0.272 e. The zero-order chi connectivity index (χ0) is 25.2. The molecule has 0 radical (unpaired) electrons. The van der Waals surface area contributed by atoms with Crippen molar-refractivity contribution in [2.24, 2.45) is 0 Å². The second-order valence-electron chi connectivity index (χ2n) is 9.15. The largest absolute Gasteiger partial charge is 0.497 e. The Labute approximate surface area is 215 Å². The summed E-state index contributed by atoms with van der Waals surface area (Å²) in [7, 11) is 1.64. The van der Waals surface area contributed by atoms with E-state index in [1.807, 2.05) is 77.7 Å². The van der Waals surface area contributed by atoms with Crippen LogP contribution in [0.3, 0.4) is 0 Å². The number of fused-ring (bicyclic) bond motifs is 1. The first kappa shape index (κ1) is 23.1. The third kappa shape index (κ3) is 4.75. The summed E-state index contributed by atoms with van der Waals surface area (Å²) in [6, 6.07) is 25.5. The van der Waals surface area contributed by atoms with Crippen LogP contribution in [-0.4, -0.2) is 65.6 Å². The second kappa shape index (κ2) is 9.99. The van der Waals surface area contributed by atoms with Crippen LogP contribution in [0, 0.1) is 0 Å². The Kier molecular flexibility index (Phi) is 6.24. The number of aromatic nitrogens is 2. The van der Waals surface area contributed by atoms with Crippen molar-refractivity contribution in [3.05, 3.63) is 90.1 Å². The van der Waals surface area contributed by atoms with Gasteiger partial charge in [0.05, 0.1) is 18.5 Å². The van der Waals surface area contributed by atoms with Gasteiger partial charge in [-0.1, -0.05) is 24.3 Å². The molecule has 0 spiro atoms. The summed E-state index contributed by atoms with van der Waals surface area (Å²) in [5, 5.41) is 4.82. The summed E-state index contributed by atoms with van der Waals surface area (Å²) in [6.07, 6.45) is 0. The third-order valence-electron chi connectivity index (χ3n) is 6.82. The SMILES string of the molecule is COc1ccc(-c2cc(C(=O)N3CCN(Cc4ccc5c(c4)OCO5)CC3)n(-c3ccccc3)n2)cc1. The Balaban J connectivity index is 1.19. The van der Waals surface area contributed by atoms with E-state index in [4.69, 9.17) is 19.3 Å². The zero-order valence-corrected chi connectivity index (χ0v) is 20.7. The number of ether oxygens (including phenoxy) is 3. The molecule has 0 aliphatic carbocycles. The van der Waals surface area contributed by atoms with Crippen LogP contribution in [0.15, 0.2) is 78.9 Å². The number of nitrogens with zero attached hydrogens (tertiary/aromatic N) is 4. The van der Waals surface area contributed by atoms with Gasteiger partial charge < -0.3 is 19.1 Å². The normalized spacial score (nSPS) is 15.1. The van der Waals surface area contributed by atoms with Crippen LogP contribution in [0.1, 0.15) is 16.1 Å². The molecule has 1 saturated heterocycles. The monoisotopic (exact) mass is 496 g/mol. The second-order valence-corrected chi connectivity index (χ2v) is 9.15. The summed E-state index contributed by atoms with van der Waals surface area (Å²) >= 11 is 0. The highest BCUT2D eigenvalue weighted by molar-refractivity contribution is 5.94. The van der Waals surface area contributed by atoms with E-state index in [0.29, 0.717) is 18.8 Å². The van der Waals surface area contributed by atoms with Crippen molar-refractivity contribution in [2.45, 2.75) is 6.54 Å². The summed E-state index contributed by atoms with van der Waals surface area (Å²) in [5.41, 5.74) is 4.26. The number of hydrogen-bond donors (Lipinski definition) is 0. The van der Waals surface area contributed by atoms with E-state index in [9.17, 15) is 4.79 Å². The van der Waals surface area contributed by atoms with Gasteiger partial charge in [0.2, 0.25) is 6.79 Å². The van der Waals surface area contributed by atoms with E-state index in [2.05, 4.69) is 11.0 Å². The minimum Gasteiger partial charge on any atom is -0.497 e. The molecule has 188 valence electrons. The minimum absolute atomic E-state index is 0.0150. The summed E-state index contributed by atoms with van der Waals surface area (Å²) in [4.78, 5) is 18.0. The standard InChI is InChI=1S/C29H28N4O4/c1-35-24-10-8-22(9-11-24)25-18-26(33(30-25)23-5-3-2-4-6-23)29(34)32-15-13-31(14-16-32)19-21-7-12-27-28(17-21)37-20-36-27/h2-12,17-18H,13-16,19-20H2,1H3. The van der Waals surface area contributed by atoms with Crippen LogP contribution >= 0.6 is 0 Å². The molecule has 1 fully saturated rings. The molecule has 4 aromatic rings. The number of carbonyl (C=O) groups is 1. The van der Waals surface area contributed by atoms with Crippen molar-refractivity contribution < 1.29 is 19.0 Å². The average Bonchev–Trinajstić information content (AvgIpc) is 3.61. The quantitative estimate of drug-likeness (QED) is 0.398. The van der Waals surface area contributed by atoms with Crippen LogP contribution in [0.25, 0.3) is 16.9 Å². The number of amides is 1. The Hall–Kier alpha value is -4.30. The molecule has 8 nitrogen and oxygen atoms in total. The molecule has 0 atom stereocenters. The van der Waals surface area contributed by atoms with Crippen LogP contribution in [0.2, 0.25) is 0 Å². The number of piperazine rings is 1. The number of rotatable bonds is 6. The van der Waals surface area contributed by atoms with Crippen LogP contribution < -0.4 is 14.2 Å². The molecule has 0 saturated carbocycles. The van der Waals surface area contributed by atoms with E-state index >= 15 is 0 Å².